The third-order valence-corrected chi connectivity index (χ3v) is 6.28. The largest absolute Gasteiger partial charge is 0.369 e. The standard InChI is InChI=1S/C14H15IN6O3S/c15-12-8-18-14-19-9-5-10(21(22)23)7-11(6-9)25(16,24)4-2-1-3-17-13(12)20-14/h5-8,16H,1-4H2,(H2,17,18,19,20). The van der Waals surface area contributed by atoms with E-state index in [0.29, 0.717) is 30.9 Å². The second kappa shape index (κ2) is 7.07. The molecular weight excluding hydrogens is 459 g/mol. The van der Waals surface area contributed by atoms with E-state index in [9.17, 15) is 14.3 Å². The van der Waals surface area contributed by atoms with Gasteiger partial charge in [0.05, 0.1) is 23.1 Å². The van der Waals surface area contributed by atoms with Gasteiger partial charge in [0.25, 0.3) is 5.69 Å². The average Bonchev–Trinajstić information content (AvgIpc) is 2.56. The summed E-state index contributed by atoms with van der Waals surface area (Å²) < 4.78 is 21.7. The Balaban J connectivity index is 2.12. The van der Waals surface area contributed by atoms with Gasteiger partial charge >= 0.3 is 0 Å². The number of non-ortho nitro benzene ring substituents is 1. The van der Waals surface area contributed by atoms with Gasteiger partial charge < -0.3 is 10.6 Å². The van der Waals surface area contributed by atoms with Crippen molar-refractivity contribution in [3.63, 3.8) is 0 Å². The monoisotopic (exact) mass is 474 g/mol. The highest BCUT2D eigenvalue weighted by Crippen LogP contribution is 2.28. The lowest BCUT2D eigenvalue weighted by Crippen LogP contribution is -2.09. The molecule has 132 valence electrons. The smallest absolute Gasteiger partial charge is 0.272 e. The third kappa shape index (κ3) is 4.15. The number of rotatable bonds is 1. The molecule has 2 heterocycles. The molecule has 2 aromatic rings. The number of nitrogens with one attached hydrogen (secondary N) is 3. The Morgan fingerprint density at radius 3 is 2.88 bits per heavy atom. The van der Waals surface area contributed by atoms with Gasteiger partial charge in [-0.05, 0) is 41.5 Å². The first kappa shape index (κ1) is 17.8. The maximum Gasteiger partial charge on any atom is 0.272 e. The van der Waals surface area contributed by atoms with Gasteiger partial charge in [-0.15, -0.1) is 0 Å². The Hall–Kier alpha value is -2.02. The van der Waals surface area contributed by atoms with Crippen molar-refractivity contribution in [3.05, 3.63) is 38.1 Å². The molecule has 1 unspecified atom stereocenters. The van der Waals surface area contributed by atoms with Crippen LogP contribution in [-0.2, 0) is 9.73 Å². The molecule has 0 radical (unpaired) electrons. The Morgan fingerprint density at radius 2 is 2.12 bits per heavy atom. The molecule has 4 bridgehead atoms. The highest BCUT2D eigenvalue weighted by Gasteiger charge is 2.18. The van der Waals surface area contributed by atoms with Crippen LogP contribution in [0.4, 0.5) is 23.1 Å². The second-order valence-corrected chi connectivity index (χ2v) is 8.89. The molecule has 0 aliphatic carbocycles. The number of nitro benzene ring substituents is 1. The fraction of sp³-hybridized carbons (Fsp3) is 0.286. The predicted molar refractivity (Wildman–Crippen MR) is 103 cm³/mol. The number of anilines is 3. The molecule has 0 amide bonds. The molecule has 0 spiro atoms. The lowest BCUT2D eigenvalue weighted by atomic mass is 10.3. The van der Waals surface area contributed by atoms with Crippen molar-refractivity contribution in [2.24, 2.45) is 0 Å². The van der Waals surface area contributed by atoms with Gasteiger partial charge in [0.1, 0.15) is 5.82 Å². The molecule has 11 heteroatoms. The summed E-state index contributed by atoms with van der Waals surface area (Å²) in [7, 11) is -3.11. The van der Waals surface area contributed by atoms with Crippen LogP contribution in [0.2, 0.25) is 0 Å². The first-order chi connectivity index (χ1) is 11.8. The molecule has 1 aromatic carbocycles. The fourth-order valence-electron chi connectivity index (χ4n) is 2.39. The van der Waals surface area contributed by atoms with Crippen molar-refractivity contribution in [1.29, 1.82) is 4.78 Å². The van der Waals surface area contributed by atoms with Gasteiger partial charge in [0.15, 0.2) is 0 Å². The van der Waals surface area contributed by atoms with Gasteiger partial charge in [0, 0.05) is 36.3 Å². The number of hydrogen-bond acceptors (Lipinski definition) is 8. The zero-order valence-corrected chi connectivity index (χ0v) is 16.0. The molecule has 0 saturated heterocycles. The molecule has 3 N–H and O–H groups in total. The van der Waals surface area contributed by atoms with E-state index in [0.717, 1.165) is 3.57 Å². The molecule has 0 saturated carbocycles. The van der Waals surface area contributed by atoms with E-state index >= 15 is 0 Å². The Morgan fingerprint density at radius 1 is 1.32 bits per heavy atom. The summed E-state index contributed by atoms with van der Waals surface area (Å²) in [5.74, 6) is 1.08. The van der Waals surface area contributed by atoms with Crippen LogP contribution in [0.15, 0.2) is 29.3 Å². The minimum atomic E-state index is -3.11. The molecule has 1 atom stereocenters. The van der Waals surface area contributed by atoms with Gasteiger partial charge in [-0.3, -0.25) is 10.1 Å². The molecule has 1 aromatic heterocycles. The maximum atomic E-state index is 12.7. The van der Waals surface area contributed by atoms with Crippen molar-refractivity contribution >= 4 is 55.5 Å². The van der Waals surface area contributed by atoms with Crippen LogP contribution < -0.4 is 10.6 Å². The van der Waals surface area contributed by atoms with Crippen LogP contribution in [-0.4, -0.2) is 31.4 Å². The van der Waals surface area contributed by atoms with Crippen LogP contribution in [0.1, 0.15) is 12.8 Å². The van der Waals surface area contributed by atoms with Gasteiger partial charge in [-0.25, -0.2) is 14.0 Å². The topological polar surface area (TPSA) is 134 Å². The zero-order chi connectivity index (χ0) is 18.0. The number of aromatic nitrogens is 2. The first-order valence-electron chi connectivity index (χ1n) is 7.44. The van der Waals surface area contributed by atoms with Crippen LogP contribution in [0.25, 0.3) is 0 Å². The Kier molecular flexibility index (Phi) is 5.03. The average molecular weight is 474 g/mol. The van der Waals surface area contributed by atoms with E-state index in [2.05, 4.69) is 43.2 Å². The number of benzene rings is 1. The summed E-state index contributed by atoms with van der Waals surface area (Å²) in [4.78, 5) is 19.3. The Labute approximate surface area is 157 Å². The first-order valence-corrected chi connectivity index (χ1v) is 10.3. The van der Waals surface area contributed by atoms with Gasteiger partial charge in [0.2, 0.25) is 5.95 Å². The molecule has 0 fully saturated rings. The number of nitro groups is 1. The van der Waals surface area contributed by atoms with Crippen molar-refractivity contribution in [3.8, 4) is 0 Å². The lowest BCUT2D eigenvalue weighted by Gasteiger charge is -2.10. The summed E-state index contributed by atoms with van der Waals surface area (Å²) in [5.41, 5.74) is 0.106. The zero-order valence-electron chi connectivity index (χ0n) is 13.0. The van der Waals surface area contributed by atoms with Gasteiger partial charge in [-0.2, -0.15) is 4.98 Å². The van der Waals surface area contributed by atoms with E-state index in [1.807, 2.05) is 0 Å². The molecule has 1 aliphatic rings. The highest BCUT2D eigenvalue weighted by atomic mass is 127. The molecule has 25 heavy (non-hydrogen) atoms. The minimum absolute atomic E-state index is 0.141. The third-order valence-electron chi connectivity index (χ3n) is 3.63. The SMILES string of the molecule is N=S1(=O)CCCCNc2nc(ncc2I)Nc2cc([N+](=O)[O-])cc1c2. The Bertz CT molecular complexity index is 934. The number of halogens is 1. The minimum Gasteiger partial charge on any atom is -0.369 e. The summed E-state index contributed by atoms with van der Waals surface area (Å²) in [6, 6.07) is 4.01. The van der Waals surface area contributed by atoms with Crippen molar-refractivity contribution < 1.29 is 9.13 Å². The van der Waals surface area contributed by atoms with E-state index in [4.69, 9.17) is 4.78 Å². The van der Waals surface area contributed by atoms with E-state index in [1.54, 1.807) is 6.20 Å². The lowest BCUT2D eigenvalue weighted by molar-refractivity contribution is -0.385. The summed E-state index contributed by atoms with van der Waals surface area (Å²) in [5, 5.41) is 17.3. The van der Waals surface area contributed by atoms with Crippen LogP contribution in [0.5, 0.6) is 0 Å². The van der Waals surface area contributed by atoms with Crippen molar-refractivity contribution in [2.75, 3.05) is 22.9 Å². The molecule has 1 aliphatic heterocycles. The van der Waals surface area contributed by atoms with Crippen LogP contribution >= 0.6 is 22.6 Å². The quantitative estimate of drug-likeness (QED) is 0.328. The van der Waals surface area contributed by atoms with Crippen molar-refractivity contribution in [1.82, 2.24) is 9.97 Å². The predicted octanol–water partition coefficient (Wildman–Crippen LogP) is 3.34. The van der Waals surface area contributed by atoms with E-state index in [-0.39, 0.29) is 22.3 Å². The fourth-order valence-corrected chi connectivity index (χ4v) is 4.31. The molecule has 9 nitrogen and oxygen atoms in total. The highest BCUT2D eigenvalue weighted by molar-refractivity contribution is 14.1. The number of nitrogens with zero attached hydrogens (tertiary/aromatic N) is 3. The van der Waals surface area contributed by atoms with Crippen LogP contribution in [0.3, 0.4) is 0 Å². The second-order valence-electron chi connectivity index (χ2n) is 5.50. The summed E-state index contributed by atoms with van der Waals surface area (Å²) in [6.45, 7) is 0.625. The van der Waals surface area contributed by atoms with Gasteiger partial charge in [-0.1, -0.05) is 0 Å². The van der Waals surface area contributed by atoms with Crippen molar-refractivity contribution in [2.45, 2.75) is 17.7 Å². The number of fused-ring (bicyclic) bond motifs is 4. The summed E-state index contributed by atoms with van der Waals surface area (Å²) in [6.07, 6.45) is 2.92. The van der Waals surface area contributed by atoms with E-state index < -0.39 is 14.7 Å². The molecule has 3 rings (SSSR count). The van der Waals surface area contributed by atoms with E-state index in [1.165, 1.54) is 18.2 Å². The maximum absolute atomic E-state index is 12.7. The number of hydrogen-bond donors (Lipinski definition) is 3. The van der Waals surface area contributed by atoms with Crippen LogP contribution in [0, 0.1) is 18.5 Å². The molecular formula is C14H15IN6O3S. The normalized spacial score (nSPS) is 20.2. The summed E-state index contributed by atoms with van der Waals surface area (Å²) >= 11 is 2.12.